The Bertz CT molecular complexity index is 1080. The molecule has 3 aromatic heterocycles. The van der Waals surface area contributed by atoms with Crippen molar-refractivity contribution in [3.05, 3.63) is 51.4 Å². The van der Waals surface area contributed by atoms with Crippen molar-refractivity contribution in [3.63, 3.8) is 0 Å². The smallest absolute Gasteiger partial charge is 0.267 e. The van der Waals surface area contributed by atoms with Gasteiger partial charge >= 0.3 is 0 Å². The molecule has 3 rings (SSSR count). The third-order valence-electron chi connectivity index (χ3n) is 4.24. The number of hydrogen-bond donors (Lipinski definition) is 1. The number of pyridine rings is 2. The molecule has 24 heavy (non-hydrogen) atoms. The monoisotopic (exact) mass is 321 g/mol. The standard InChI is InChI=1S/C18H19N5O/c1-3-4-5-8-22-15(20)13(11-19)10-14-17(22)21-16-12(2)7-6-9-23(16)18(14)24/h6-7,9-10,20H,3-5,8H2,1-2H3. The fourth-order valence-corrected chi connectivity index (χ4v) is 2.92. The third kappa shape index (κ3) is 2.48. The lowest BCUT2D eigenvalue weighted by Crippen LogP contribution is -2.27. The Hall–Kier alpha value is -2.94. The van der Waals surface area contributed by atoms with Crippen LogP contribution in [0.5, 0.6) is 0 Å². The SMILES string of the molecule is CCCCCn1c(=N)c(C#N)cc2c(=O)n3cccc(C)c3nc21. The molecule has 6 heteroatoms. The van der Waals surface area contributed by atoms with Gasteiger partial charge in [-0.2, -0.15) is 5.26 Å². The van der Waals surface area contributed by atoms with E-state index in [-0.39, 0.29) is 16.6 Å². The molecule has 0 saturated carbocycles. The maximum atomic E-state index is 12.8. The minimum Gasteiger partial charge on any atom is -0.310 e. The molecule has 1 N–H and O–H groups in total. The number of hydrogen-bond acceptors (Lipinski definition) is 4. The Labute approximate surface area is 139 Å². The summed E-state index contributed by atoms with van der Waals surface area (Å²) in [5.74, 6) is 0. The molecule has 0 amide bonds. The summed E-state index contributed by atoms with van der Waals surface area (Å²) in [6, 6.07) is 7.21. The molecule has 6 nitrogen and oxygen atoms in total. The highest BCUT2D eigenvalue weighted by Crippen LogP contribution is 2.13. The van der Waals surface area contributed by atoms with Crippen LogP contribution in [0.3, 0.4) is 0 Å². The second kappa shape index (κ2) is 6.28. The molecule has 0 bridgehead atoms. The summed E-state index contributed by atoms with van der Waals surface area (Å²) < 4.78 is 3.19. The van der Waals surface area contributed by atoms with Gasteiger partial charge < -0.3 is 4.57 Å². The minimum absolute atomic E-state index is 0.117. The van der Waals surface area contributed by atoms with Crippen LogP contribution in [0.2, 0.25) is 0 Å². The average molecular weight is 321 g/mol. The van der Waals surface area contributed by atoms with E-state index in [1.165, 1.54) is 10.5 Å². The van der Waals surface area contributed by atoms with Crippen LogP contribution in [0.4, 0.5) is 0 Å². The first-order valence-electron chi connectivity index (χ1n) is 8.08. The Morgan fingerprint density at radius 2 is 2.12 bits per heavy atom. The fraction of sp³-hybridized carbons (Fsp3) is 0.333. The van der Waals surface area contributed by atoms with E-state index in [9.17, 15) is 10.1 Å². The fourth-order valence-electron chi connectivity index (χ4n) is 2.92. The van der Waals surface area contributed by atoms with Gasteiger partial charge in [0.05, 0.1) is 10.9 Å². The molecular formula is C18H19N5O. The molecule has 0 atom stereocenters. The van der Waals surface area contributed by atoms with E-state index in [0.717, 1.165) is 24.8 Å². The molecule has 0 aliphatic carbocycles. The normalized spacial score (nSPS) is 11.0. The number of fused-ring (bicyclic) bond motifs is 2. The van der Waals surface area contributed by atoms with Crippen molar-refractivity contribution in [1.82, 2.24) is 14.0 Å². The summed E-state index contributed by atoms with van der Waals surface area (Å²) in [5, 5.41) is 18.0. The zero-order chi connectivity index (χ0) is 17.3. The third-order valence-corrected chi connectivity index (χ3v) is 4.24. The lowest BCUT2D eigenvalue weighted by atomic mass is 10.2. The van der Waals surface area contributed by atoms with Crippen LogP contribution >= 0.6 is 0 Å². The van der Waals surface area contributed by atoms with E-state index in [2.05, 4.69) is 11.9 Å². The Kier molecular flexibility index (Phi) is 4.17. The average Bonchev–Trinajstić information content (AvgIpc) is 2.58. The summed E-state index contributed by atoms with van der Waals surface area (Å²) in [4.78, 5) is 17.5. The maximum absolute atomic E-state index is 12.8. The van der Waals surface area contributed by atoms with Crippen LogP contribution < -0.4 is 11.0 Å². The first-order chi connectivity index (χ1) is 11.6. The highest BCUT2D eigenvalue weighted by atomic mass is 16.1. The van der Waals surface area contributed by atoms with Crippen LogP contribution in [0.15, 0.2) is 29.2 Å². The number of nitrogens with one attached hydrogen (secondary N) is 1. The van der Waals surface area contributed by atoms with Gasteiger partial charge in [0.1, 0.15) is 22.9 Å². The van der Waals surface area contributed by atoms with Gasteiger partial charge in [-0.1, -0.05) is 25.8 Å². The predicted molar refractivity (Wildman–Crippen MR) is 91.8 cm³/mol. The highest BCUT2D eigenvalue weighted by molar-refractivity contribution is 5.78. The van der Waals surface area contributed by atoms with Crippen molar-refractivity contribution in [2.45, 2.75) is 39.7 Å². The Morgan fingerprint density at radius 3 is 2.83 bits per heavy atom. The van der Waals surface area contributed by atoms with E-state index in [4.69, 9.17) is 5.41 Å². The molecule has 0 fully saturated rings. The van der Waals surface area contributed by atoms with E-state index >= 15 is 0 Å². The molecule has 0 saturated heterocycles. The molecule has 0 aliphatic rings. The largest absolute Gasteiger partial charge is 0.310 e. The lowest BCUT2D eigenvalue weighted by molar-refractivity contribution is 0.589. The molecule has 122 valence electrons. The van der Waals surface area contributed by atoms with Crippen molar-refractivity contribution in [3.8, 4) is 6.07 Å². The summed E-state index contributed by atoms with van der Waals surface area (Å²) in [7, 11) is 0. The predicted octanol–water partition coefficient (Wildman–Crippen LogP) is 2.50. The zero-order valence-corrected chi connectivity index (χ0v) is 13.8. The van der Waals surface area contributed by atoms with Crippen molar-refractivity contribution in [2.24, 2.45) is 0 Å². The quantitative estimate of drug-likeness (QED) is 0.591. The minimum atomic E-state index is -0.209. The summed E-state index contributed by atoms with van der Waals surface area (Å²) in [6.45, 7) is 4.59. The number of unbranched alkanes of at least 4 members (excludes halogenated alkanes) is 2. The highest BCUT2D eigenvalue weighted by Gasteiger charge is 2.13. The Morgan fingerprint density at radius 1 is 1.33 bits per heavy atom. The molecule has 3 aromatic rings. The van der Waals surface area contributed by atoms with Gasteiger partial charge in [0.25, 0.3) is 5.56 Å². The van der Waals surface area contributed by atoms with Crippen LogP contribution in [0.1, 0.15) is 37.3 Å². The first-order valence-corrected chi connectivity index (χ1v) is 8.08. The summed E-state index contributed by atoms with van der Waals surface area (Å²) >= 11 is 0. The van der Waals surface area contributed by atoms with Crippen LogP contribution in [0, 0.1) is 23.7 Å². The van der Waals surface area contributed by atoms with E-state index in [1.54, 1.807) is 16.8 Å². The molecule has 0 spiro atoms. The molecule has 0 aliphatic heterocycles. The van der Waals surface area contributed by atoms with Gasteiger partial charge in [0.2, 0.25) is 0 Å². The van der Waals surface area contributed by atoms with Gasteiger partial charge in [-0.25, -0.2) is 4.98 Å². The van der Waals surface area contributed by atoms with E-state index in [0.29, 0.717) is 23.2 Å². The topological polar surface area (TPSA) is 86.9 Å². The molecule has 0 aromatic carbocycles. The molecule has 0 radical (unpaired) electrons. The van der Waals surface area contributed by atoms with Crippen molar-refractivity contribution in [2.75, 3.05) is 0 Å². The van der Waals surface area contributed by atoms with Gasteiger partial charge in [0.15, 0.2) is 0 Å². The summed E-state index contributed by atoms with van der Waals surface area (Å²) in [6.07, 6.45) is 4.64. The zero-order valence-electron chi connectivity index (χ0n) is 13.8. The number of rotatable bonds is 4. The second-order valence-corrected chi connectivity index (χ2v) is 5.92. The number of nitriles is 1. The Balaban J connectivity index is 2.43. The second-order valence-electron chi connectivity index (χ2n) is 5.92. The lowest BCUT2D eigenvalue weighted by Gasteiger charge is -2.13. The van der Waals surface area contributed by atoms with Crippen LogP contribution in [-0.4, -0.2) is 14.0 Å². The number of nitrogens with zero attached hydrogens (tertiary/aromatic N) is 4. The van der Waals surface area contributed by atoms with Crippen LogP contribution in [-0.2, 0) is 6.54 Å². The van der Waals surface area contributed by atoms with Crippen molar-refractivity contribution in [1.29, 1.82) is 10.7 Å². The number of aromatic nitrogens is 3. The summed E-state index contributed by atoms with van der Waals surface area (Å²) in [5.41, 5.74) is 2.07. The first kappa shape index (κ1) is 15.9. The van der Waals surface area contributed by atoms with Gasteiger partial charge in [-0.15, -0.1) is 0 Å². The van der Waals surface area contributed by atoms with Crippen LogP contribution in [0.25, 0.3) is 16.7 Å². The van der Waals surface area contributed by atoms with Gasteiger partial charge in [-0.05, 0) is 31.0 Å². The molecular weight excluding hydrogens is 302 g/mol. The van der Waals surface area contributed by atoms with E-state index < -0.39 is 0 Å². The molecule has 0 unspecified atom stereocenters. The van der Waals surface area contributed by atoms with Gasteiger partial charge in [0, 0.05) is 12.7 Å². The number of aryl methyl sites for hydroxylation is 2. The van der Waals surface area contributed by atoms with Crippen molar-refractivity contribution >= 4 is 16.7 Å². The maximum Gasteiger partial charge on any atom is 0.267 e. The van der Waals surface area contributed by atoms with E-state index in [1.807, 2.05) is 19.1 Å². The molecule has 3 heterocycles. The van der Waals surface area contributed by atoms with Crippen molar-refractivity contribution < 1.29 is 0 Å². The van der Waals surface area contributed by atoms with Gasteiger partial charge in [-0.3, -0.25) is 14.6 Å².